The number of fused-ring (bicyclic) bond motifs is 1. The molecule has 2 aromatic rings. The lowest BCUT2D eigenvalue weighted by Crippen LogP contribution is -2.52. The molecule has 0 radical (unpaired) electrons. The highest BCUT2D eigenvalue weighted by molar-refractivity contribution is 6.30. The molecule has 2 aromatic carbocycles. The minimum absolute atomic E-state index is 0.00376. The fourth-order valence-corrected chi connectivity index (χ4v) is 3.54. The molecule has 0 aromatic heterocycles. The van der Waals surface area contributed by atoms with Crippen LogP contribution >= 0.6 is 11.6 Å². The number of hydrogen-bond donors (Lipinski definition) is 2. The van der Waals surface area contributed by atoms with Crippen LogP contribution < -0.4 is 10.6 Å². The number of halogens is 3. The van der Waals surface area contributed by atoms with Crippen molar-refractivity contribution in [1.29, 1.82) is 0 Å². The molecule has 2 aliphatic rings. The van der Waals surface area contributed by atoms with Crippen molar-refractivity contribution in [2.45, 2.75) is 37.8 Å². The number of carbonyl (C=O) groups is 4. The van der Waals surface area contributed by atoms with Crippen LogP contribution in [0.25, 0.3) is 0 Å². The van der Waals surface area contributed by atoms with Crippen molar-refractivity contribution in [2.75, 3.05) is 0 Å². The first-order chi connectivity index (χ1) is 16.8. The molecule has 1 saturated heterocycles. The number of carbonyl (C=O) groups excluding carboxylic acids is 4. The van der Waals surface area contributed by atoms with Crippen molar-refractivity contribution in [3.05, 3.63) is 69.7 Å². The Morgan fingerprint density at radius 3 is 2.75 bits per heavy atom. The molecule has 2 N–H and O–H groups in total. The molecule has 0 saturated carbocycles. The topological polar surface area (TPSA) is 95.6 Å². The van der Waals surface area contributed by atoms with Crippen molar-refractivity contribution in [2.24, 2.45) is 0 Å². The first kappa shape index (κ1) is 17.3. The van der Waals surface area contributed by atoms with Gasteiger partial charge in [0.25, 0.3) is 11.8 Å². The Morgan fingerprint density at radius 2 is 2.06 bits per heavy atom. The fraction of sp³-hybridized carbons (Fsp3) is 0.273. The summed E-state index contributed by atoms with van der Waals surface area (Å²) >= 11 is 5.69. The Labute approximate surface area is 192 Å². The molecule has 3 unspecified atom stereocenters. The van der Waals surface area contributed by atoms with E-state index in [4.69, 9.17) is 17.1 Å². The standard InChI is InChI=1S/C22H18ClF2N3O4/c23-15-4-2-14(3-5-15)22(24,25)21(32)26-10-12-1-6-16-13(9-12)11-28(20(16)31)17-7-8-18(29)27-19(17)30/h1-6,9,17H,7-8,10-11H2,(H,26,32)(H,27,29,30)/i1D,10D,11D/hD. The van der Waals surface area contributed by atoms with Gasteiger partial charge in [0, 0.05) is 35.6 Å². The second-order valence-electron chi connectivity index (χ2n) is 7.21. The molecule has 3 atom stereocenters. The van der Waals surface area contributed by atoms with Crippen molar-refractivity contribution >= 4 is 35.2 Å². The predicted octanol–water partition coefficient (Wildman–Crippen LogP) is 2.51. The van der Waals surface area contributed by atoms with Crippen molar-refractivity contribution in [3.8, 4) is 0 Å². The second kappa shape index (κ2) is 8.31. The van der Waals surface area contributed by atoms with Gasteiger partial charge in [-0.2, -0.15) is 8.78 Å². The summed E-state index contributed by atoms with van der Waals surface area (Å²) in [5.41, 5.74) is -1.22. The molecule has 0 spiro atoms. The molecule has 2 aliphatic heterocycles. The summed E-state index contributed by atoms with van der Waals surface area (Å²) < 4.78 is 62.2. The lowest BCUT2D eigenvalue weighted by Gasteiger charge is -2.29. The summed E-state index contributed by atoms with van der Waals surface area (Å²) in [4.78, 5) is 50.0. The molecule has 0 bridgehead atoms. The summed E-state index contributed by atoms with van der Waals surface area (Å²) in [6, 6.07) is 4.60. The lowest BCUT2D eigenvalue weighted by atomic mass is 10.0. The molecular formula is C22H18ClF2N3O4. The zero-order chi connectivity index (χ0) is 26.5. The first-order valence-corrected chi connectivity index (χ1v) is 9.84. The number of imide groups is 1. The molecule has 0 aliphatic carbocycles. The molecule has 7 nitrogen and oxygen atoms in total. The number of nitrogens with one attached hydrogen (secondary N) is 2. The average molecular weight is 466 g/mol. The van der Waals surface area contributed by atoms with Gasteiger partial charge in [-0.25, -0.2) is 0 Å². The summed E-state index contributed by atoms with van der Waals surface area (Å²) in [5.74, 6) is -8.18. The molecule has 2 heterocycles. The number of nitrogens with zero attached hydrogens (tertiary/aromatic N) is 1. The van der Waals surface area contributed by atoms with Gasteiger partial charge >= 0.3 is 5.92 Å². The minimum atomic E-state index is -4.17. The minimum Gasteiger partial charge on any atom is -0.346 e. The van der Waals surface area contributed by atoms with E-state index in [-0.39, 0.29) is 39.9 Å². The third-order valence-electron chi connectivity index (χ3n) is 5.09. The van der Waals surface area contributed by atoms with E-state index < -0.39 is 60.2 Å². The predicted molar refractivity (Wildman–Crippen MR) is 110 cm³/mol. The van der Waals surface area contributed by atoms with Crippen molar-refractivity contribution < 1.29 is 33.5 Å². The molecule has 10 heteroatoms. The number of amides is 4. The fourth-order valence-electron chi connectivity index (χ4n) is 3.41. The molecular weight excluding hydrogens is 444 g/mol. The highest BCUT2D eigenvalue weighted by atomic mass is 35.5. The summed E-state index contributed by atoms with van der Waals surface area (Å²) in [6.45, 7) is -3.53. The quantitative estimate of drug-likeness (QED) is 0.663. The van der Waals surface area contributed by atoms with Crippen LogP contribution in [0.2, 0.25) is 6.43 Å². The Balaban J connectivity index is 1.62. The third kappa shape index (κ3) is 4.08. The summed E-state index contributed by atoms with van der Waals surface area (Å²) in [5, 5.41) is 1.99. The molecule has 166 valence electrons. The molecule has 4 amide bonds. The Hall–Kier alpha value is -3.33. The van der Waals surface area contributed by atoms with Crippen LogP contribution in [0.4, 0.5) is 8.78 Å². The van der Waals surface area contributed by atoms with Crippen LogP contribution in [0.15, 0.2) is 42.4 Å². The first-order valence-electron chi connectivity index (χ1n) is 11.6. The number of piperidine rings is 1. The zero-order valence-electron chi connectivity index (χ0n) is 20.3. The van der Waals surface area contributed by atoms with Crippen LogP contribution in [0.5, 0.6) is 0 Å². The maximum Gasteiger partial charge on any atom is 0.349 e. The maximum atomic E-state index is 14.7. The van der Waals surface area contributed by atoms with Gasteiger partial charge in [0.2, 0.25) is 11.8 Å². The van der Waals surface area contributed by atoms with Crippen LogP contribution in [0.3, 0.4) is 0 Å². The molecule has 4 rings (SSSR count). The van der Waals surface area contributed by atoms with Crippen molar-refractivity contribution in [3.63, 3.8) is 0 Å². The van der Waals surface area contributed by atoms with E-state index in [1.165, 1.54) is 0 Å². The highest BCUT2D eigenvalue weighted by Crippen LogP contribution is 2.30. The zero-order valence-corrected chi connectivity index (χ0v) is 17.0. The van der Waals surface area contributed by atoms with E-state index >= 15 is 0 Å². The number of rotatable bonds is 5. The van der Waals surface area contributed by atoms with Gasteiger partial charge in [0.15, 0.2) is 1.41 Å². The number of benzene rings is 2. The van der Waals surface area contributed by atoms with Crippen LogP contribution in [-0.4, -0.2) is 34.6 Å². The summed E-state index contributed by atoms with van der Waals surface area (Å²) in [7, 11) is 0. The third-order valence-corrected chi connectivity index (χ3v) is 5.34. The van der Waals surface area contributed by atoms with E-state index in [2.05, 4.69) is 5.32 Å². The average Bonchev–Trinajstić information content (AvgIpc) is 3.06. The largest absolute Gasteiger partial charge is 0.349 e. The lowest BCUT2D eigenvalue weighted by molar-refractivity contribution is -0.147. The normalized spacial score (nSPS) is 23.5. The van der Waals surface area contributed by atoms with Crippen LogP contribution in [0, 0.1) is 0 Å². The Morgan fingerprint density at radius 1 is 1.34 bits per heavy atom. The monoisotopic (exact) mass is 465 g/mol. The SMILES string of the molecule is [2H]c1cc2c(cc1C([2H])N([2H])C(=O)C(F)(F)c1ccc(Cl)cc1)C([2H])N(C1CCC(=O)NC1=O)C2=O. The van der Waals surface area contributed by atoms with Gasteiger partial charge in [0.1, 0.15) is 6.04 Å². The van der Waals surface area contributed by atoms with Gasteiger partial charge in [-0.15, -0.1) is 0 Å². The van der Waals surface area contributed by atoms with Crippen LogP contribution in [0.1, 0.15) is 44.0 Å². The Bertz CT molecular complexity index is 1280. The number of alkyl halides is 2. The van der Waals surface area contributed by atoms with E-state index in [0.717, 1.165) is 41.3 Å². The van der Waals surface area contributed by atoms with E-state index in [0.29, 0.717) is 0 Å². The summed E-state index contributed by atoms with van der Waals surface area (Å²) in [6.07, 6.45) is -0.0407. The van der Waals surface area contributed by atoms with Gasteiger partial charge in [-0.1, -0.05) is 35.8 Å². The van der Waals surface area contributed by atoms with Gasteiger partial charge in [0.05, 0.1) is 4.11 Å². The molecule has 32 heavy (non-hydrogen) atoms. The molecule has 1 fully saturated rings. The van der Waals surface area contributed by atoms with E-state index in [1.807, 2.05) is 0 Å². The Kier molecular flexibility index (Phi) is 4.48. The second-order valence-corrected chi connectivity index (χ2v) is 7.65. The van der Waals surface area contributed by atoms with Gasteiger partial charge in [-0.3, -0.25) is 24.5 Å². The van der Waals surface area contributed by atoms with E-state index in [1.54, 1.807) is 0 Å². The maximum absolute atomic E-state index is 14.7. The highest BCUT2D eigenvalue weighted by Gasteiger charge is 2.41. The number of hydrogen-bond acceptors (Lipinski definition) is 4. The van der Waals surface area contributed by atoms with Crippen molar-refractivity contribution in [1.82, 2.24) is 15.5 Å². The van der Waals surface area contributed by atoms with Crippen LogP contribution in [-0.2, 0) is 33.3 Å². The van der Waals surface area contributed by atoms with Gasteiger partial charge in [-0.05, 0) is 35.7 Å². The smallest absolute Gasteiger partial charge is 0.346 e. The van der Waals surface area contributed by atoms with Gasteiger partial charge < -0.3 is 10.2 Å². The van der Waals surface area contributed by atoms with E-state index in [9.17, 15) is 28.0 Å².